The minimum atomic E-state index is -0.728. The summed E-state index contributed by atoms with van der Waals surface area (Å²) in [4.78, 5) is 8.33. The summed E-state index contributed by atoms with van der Waals surface area (Å²) in [6.07, 6.45) is 3.58. The Morgan fingerprint density at radius 1 is 1.53 bits per heavy atom. The van der Waals surface area contributed by atoms with Crippen molar-refractivity contribution in [2.24, 2.45) is 0 Å². The molecular weight excluding hydrogens is 236 g/mol. The predicted octanol–water partition coefficient (Wildman–Crippen LogP) is 1.74. The quantitative estimate of drug-likeness (QED) is 0.531. The van der Waals surface area contributed by atoms with Gasteiger partial charge in [0.15, 0.2) is 5.16 Å². The number of thioether (sulfide) groups is 1. The molecule has 0 aromatic carbocycles. The lowest BCUT2D eigenvalue weighted by Crippen LogP contribution is -2.33. The van der Waals surface area contributed by atoms with Crippen molar-refractivity contribution < 1.29 is 5.11 Å². The van der Waals surface area contributed by atoms with Crippen LogP contribution in [0.4, 0.5) is 11.6 Å². The highest BCUT2D eigenvalue weighted by Gasteiger charge is 2.18. The van der Waals surface area contributed by atoms with Crippen LogP contribution in [0.3, 0.4) is 0 Å². The maximum Gasteiger partial charge on any atom is 0.191 e. The summed E-state index contributed by atoms with van der Waals surface area (Å²) >= 11 is 1.44. The van der Waals surface area contributed by atoms with Crippen LogP contribution in [-0.2, 0) is 0 Å². The van der Waals surface area contributed by atoms with E-state index in [2.05, 4.69) is 15.3 Å². The Morgan fingerprint density at radius 2 is 2.24 bits per heavy atom. The van der Waals surface area contributed by atoms with Crippen LogP contribution in [-0.4, -0.2) is 33.5 Å². The summed E-state index contributed by atoms with van der Waals surface area (Å²) in [6.45, 7) is 4.30. The smallest absolute Gasteiger partial charge is 0.191 e. The predicted molar refractivity (Wildman–Crippen MR) is 72.2 cm³/mol. The van der Waals surface area contributed by atoms with E-state index in [1.807, 2.05) is 20.1 Å². The first-order valence-electron chi connectivity index (χ1n) is 5.61. The molecular formula is C11H20N4OS. The fourth-order valence-corrected chi connectivity index (χ4v) is 1.92. The minimum Gasteiger partial charge on any atom is -0.388 e. The number of hydrogen-bond acceptors (Lipinski definition) is 6. The van der Waals surface area contributed by atoms with E-state index in [0.29, 0.717) is 23.3 Å². The third kappa shape index (κ3) is 4.79. The van der Waals surface area contributed by atoms with Crippen LogP contribution in [0.5, 0.6) is 0 Å². The SMILES string of the molecule is CCCC(C)(O)CNc1cc(N)nc(SC)n1. The van der Waals surface area contributed by atoms with Crippen LogP contribution < -0.4 is 11.1 Å². The first-order chi connectivity index (χ1) is 7.96. The van der Waals surface area contributed by atoms with Gasteiger partial charge in [-0.15, -0.1) is 0 Å². The van der Waals surface area contributed by atoms with Crippen molar-refractivity contribution in [3.63, 3.8) is 0 Å². The van der Waals surface area contributed by atoms with E-state index in [4.69, 9.17) is 5.73 Å². The lowest BCUT2D eigenvalue weighted by Gasteiger charge is -2.23. The molecule has 0 spiro atoms. The third-order valence-electron chi connectivity index (χ3n) is 2.35. The molecule has 0 aliphatic heterocycles. The number of anilines is 2. The van der Waals surface area contributed by atoms with E-state index < -0.39 is 5.60 Å². The number of nitrogens with one attached hydrogen (secondary N) is 1. The number of rotatable bonds is 6. The van der Waals surface area contributed by atoms with Crippen LogP contribution in [0.2, 0.25) is 0 Å². The summed E-state index contributed by atoms with van der Waals surface area (Å²) in [5.74, 6) is 1.08. The number of nitrogens with two attached hydrogens (primary N) is 1. The number of hydrogen-bond donors (Lipinski definition) is 3. The summed E-state index contributed by atoms with van der Waals surface area (Å²) in [7, 11) is 0. The molecule has 4 N–H and O–H groups in total. The zero-order valence-corrected chi connectivity index (χ0v) is 11.3. The zero-order valence-electron chi connectivity index (χ0n) is 10.5. The third-order valence-corrected chi connectivity index (χ3v) is 2.89. The van der Waals surface area contributed by atoms with Gasteiger partial charge in [-0.05, 0) is 19.6 Å². The number of aliphatic hydroxyl groups is 1. The molecule has 96 valence electrons. The highest BCUT2D eigenvalue weighted by atomic mass is 32.2. The lowest BCUT2D eigenvalue weighted by atomic mass is 10.0. The van der Waals surface area contributed by atoms with Crippen LogP contribution in [0.25, 0.3) is 0 Å². The fourth-order valence-electron chi connectivity index (χ4n) is 1.53. The highest BCUT2D eigenvalue weighted by Crippen LogP contribution is 2.17. The van der Waals surface area contributed by atoms with E-state index >= 15 is 0 Å². The molecule has 5 nitrogen and oxygen atoms in total. The van der Waals surface area contributed by atoms with Gasteiger partial charge in [-0.1, -0.05) is 25.1 Å². The van der Waals surface area contributed by atoms with Crippen LogP contribution in [0.15, 0.2) is 11.2 Å². The van der Waals surface area contributed by atoms with Gasteiger partial charge in [0.05, 0.1) is 5.60 Å². The summed E-state index contributed by atoms with van der Waals surface area (Å²) in [5, 5.41) is 13.7. The molecule has 1 heterocycles. The number of nitrogens with zero attached hydrogens (tertiary/aromatic N) is 2. The highest BCUT2D eigenvalue weighted by molar-refractivity contribution is 7.98. The fraction of sp³-hybridized carbons (Fsp3) is 0.636. The second-order valence-corrected chi connectivity index (χ2v) is 5.04. The largest absolute Gasteiger partial charge is 0.388 e. The van der Waals surface area contributed by atoms with Crippen molar-refractivity contribution in [2.45, 2.75) is 37.4 Å². The van der Waals surface area contributed by atoms with Gasteiger partial charge in [0, 0.05) is 12.6 Å². The Hall–Kier alpha value is -1.01. The first kappa shape index (κ1) is 14.1. The summed E-state index contributed by atoms with van der Waals surface area (Å²) in [5.41, 5.74) is 4.94. The molecule has 1 atom stereocenters. The molecule has 0 saturated carbocycles. The van der Waals surface area contributed by atoms with E-state index in [1.54, 1.807) is 6.07 Å². The van der Waals surface area contributed by atoms with Crippen LogP contribution in [0, 0.1) is 0 Å². The van der Waals surface area contributed by atoms with Gasteiger partial charge in [0.25, 0.3) is 0 Å². The molecule has 17 heavy (non-hydrogen) atoms. The summed E-state index contributed by atoms with van der Waals surface area (Å²) in [6, 6.07) is 1.67. The van der Waals surface area contributed by atoms with Gasteiger partial charge in [-0.25, -0.2) is 9.97 Å². The summed E-state index contributed by atoms with van der Waals surface area (Å²) < 4.78 is 0. The van der Waals surface area contributed by atoms with Crippen molar-refractivity contribution in [3.8, 4) is 0 Å². The van der Waals surface area contributed by atoms with Gasteiger partial charge in [-0.3, -0.25) is 0 Å². The molecule has 1 aromatic rings. The topological polar surface area (TPSA) is 84.1 Å². The first-order valence-corrected chi connectivity index (χ1v) is 6.84. The second-order valence-electron chi connectivity index (χ2n) is 4.27. The molecule has 0 bridgehead atoms. The van der Waals surface area contributed by atoms with Crippen molar-refractivity contribution in [2.75, 3.05) is 23.9 Å². The molecule has 0 aliphatic rings. The van der Waals surface area contributed by atoms with Crippen molar-refractivity contribution in [1.29, 1.82) is 0 Å². The van der Waals surface area contributed by atoms with E-state index in [9.17, 15) is 5.11 Å². The van der Waals surface area contributed by atoms with E-state index in [1.165, 1.54) is 11.8 Å². The Bertz CT molecular complexity index is 370. The molecule has 0 amide bonds. The Balaban J connectivity index is 2.65. The molecule has 1 aromatic heterocycles. The van der Waals surface area contributed by atoms with E-state index in [0.717, 1.165) is 12.8 Å². The maximum absolute atomic E-state index is 10.0. The average molecular weight is 256 g/mol. The van der Waals surface area contributed by atoms with Crippen molar-refractivity contribution in [3.05, 3.63) is 6.07 Å². The molecule has 0 radical (unpaired) electrons. The monoisotopic (exact) mass is 256 g/mol. The van der Waals surface area contributed by atoms with Crippen molar-refractivity contribution >= 4 is 23.4 Å². The van der Waals surface area contributed by atoms with E-state index in [-0.39, 0.29) is 0 Å². The molecule has 0 aliphatic carbocycles. The Labute approximate surface area is 106 Å². The average Bonchev–Trinajstić information content (AvgIpc) is 2.26. The van der Waals surface area contributed by atoms with Gasteiger partial charge >= 0.3 is 0 Å². The van der Waals surface area contributed by atoms with Crippen molar-refractivity contribution in [1.82, 2.24) is 9.97 Å². The molecule has 0 saturated heterocycles. The standard InChI is InChI=1S/C11H20N4OS/c1-4-5-11(2,16)7-13-9-6-8(12)14-10(15-9)17-3/h6,16H,4-5,7H2,1-3H3,(H3,12,13,14,15). The van der Waals surface area contributed by atoms with Gasteiger partial charge in [0.2, 0.25) is 0 Å². The zero-order chi connectivity index (χ0) is 12.9. The van der Waals surface area contributed by atoms with Crippen LogP contribution in [0.1, 0.15) is 26.7 Å². The Kier molecular flexibility index (Phi) is 5.02. The maximum atomic E-state index is 10.0. The molecule has 0 fully saturated rings. The normalized spacial score (nSPS) is 14.4. The number of nitrogen functional groups attached to an aromatic ring is 1. The molecule has 1 unspecified atom stereocenters. The number of aromatic nitrogens is 2. The molecule has 1 rings (SSSR count). The van der Waals surface area contributed by atoms with Gasteiger partial charge in [-0.2, -0.15) is 0 Å². The Morgan fingerprint density at radius 3 is 2.82 bits per heavy atom. The van der Waals surface area contributed by atoms with Gasteiger partial charge < -0.3 is 16.2 Å². The minimum absolute atomic E-state index is 0.432. The van der Waals surface area contributed by atoms with Crippen LogP contribution >= 0.6 is 11.8 Å². The lowest BCUT2D eigenvalue weighted by molar-refractivity contribution is 0.0636. The van der Waals surface area contributed by atoms with Gasteiger partial charge in [0.1, 0.15) is 11.6 Å². The second kappa shape index (κ2) is 6.07. The molecule has 6 heteroatoms.